The average molecular weight is 374 g/mol. The molecule has 26 heavy (non-hydrogen) atoms. The highest BCUT2D eigenvalue weighted by Gasteiger charge is 2.23. The minimum Gasteiger partial charge on any atom is -0.491 e. The van der Waals surface area contributed by atoms with E-state index < -0.39 is 10.0 Å². The van der Waals surface area contributed by atoms with Gasteiger partial charge in [0.1, 0.15) is 12.4 Å². The molecule has 0 bridgehead atoms. The second kappa shape index (κ2) is 7.37. The average Bonchev–Trinajstić information content (AvgIpc) is 2.75. The second-order valence-electron chi connectivity index (χ2n) is 6.29. The zero-order chi connectivity index (χ0) is 18.7. The summed E-state index contributed by atoms with van der Waals surface area (Å²) in [6, 6.07) is 12.1. The fraction of sp³-hybridized carbons (Fsp3) is 0.316. The smallest absolute Gasteiger partial charge is 0.257 e. The molecule has 0 saturated heterocycles. The monoisotopic (exact) mass is 374 g/mol. The molecule has 0 radical (unpaired) electrons. The van der Waals surface area contributed by atoms with E-state index in [4.69, 9.17) is 4.74 Å². The van der Waals surface area contributed by atoms with Crippen LogP contribution in [0.4, 0.5) is 5.69 Å². The first-order chi connectivity index (χ1) is 12.4. The van der Waals surface area contributed by atoms with Crippen LogP contribution in [0, 0.1) is 6.92 Å². The summed E-state index contributed by atoms with van der Waals surface area (Å²) < 4.78 is 33.1. The van der Waals surface area contributed by atoms with Crippen molar-refractivity contribution in [2.24, 2.45) is 0 Å². The summed E-state index contributed by atoms with van der Waals surface area (Å²) in [5.74, 6) is 0.197. The molecule has 0 saturated carbocycles. The normalized spacial score (nSPS) is 14.4. The molecular weight excluding hydrogens is 352 g/mol. The topological polar surface area (TPSA) is 75.7 Å². The van der Waals surface area contributed by atoms with Crippen LogP contribution in [0.15, 0.2) is 42.5 Å². The van der Waals surface area contributed by atoms with Gasteiger partial charge in [0.15, 0.2) is 0 Å². The summed E-state index contributed by atoms with van der Waals surface area (Å²) in [5.41, 5.74) is 2.50. The molecule has 1 aliphatic rings. The number of sulfonamides is 1. The predicted molar refractivity (Wildman–Crippen MR) is 101 cm³/mol. The van der Waals surface area contributed by atoms with Gasteiger partial charge in [-0.25, -0.2) is 8.42 Å². The largest absolute Gasteiger partial charge is 0.491 e. The van der Waals surface area contributed by atoms with Gasteiger partial charge in [-0.05, 0) is 37.6 Å². The predicted octanol–water partition coefficient (Wildman–Crippen LogP) is 2.79. The van der Waals surface area contributed by atoms with E-state index in [9.17, 15) is 13.2 Å². The molecule has 0 aromatic heterocycles. The lowest BCUT2D eigenvalue weighted by Crippen LogP contribution is -2.32. The van der Waals surface area contributed by atoms with Gasteiger partial charge in [0, 0.05) is 12.2 Å². The van der Waals surface area contributed by atoms with Crippen molar-refractivity contribution in [3.63, 3.8) is 0 Å². The number of ether oxygens (including phenoxy) is 1. The number of aryl methyl sites for hydroxylation is 1. The van der Waals surface area contributed by atoms with Gasteiger partial charge in [-0.1, -0.05) is 29.8 Å². The Morgan fingerprint density at radius 2 is 1.88 bits per heavy atom. The van der Waals surface area contributed by atoms with Crippen LogP contribution in [-0.2, 0) is 15.8 Å². The first kappa shape index (κ1) is 18.3. The number of hydrogen-bond acceptors (Lipinski definition) is 4. The van der Waals surface area contributed by atoms with Crippen LogP contribution in [0.2, 0.25) is 0 Å². The van der Waals surface area contributed by atoms with Crippen molar-refractivity contribution in [3.05, 3.63) is 59.2 Å². The zero-order valence-corrected chi connectivity index (χ0v) is 15.7. The molecule has 2 aromatic rings. The third-order valence-electron chi connectivity index (χ3n) is 4.25. The number of benzene rings is 2. The van der Waals surface area contributed by atoms with Gasteiger partial charge in [-0.15, -0.1) is 0 Å². The number of carbonyl (C=O) groups is 1. The van der Waals surface area contributed by atoms with E-state index in [0.717, 1.165) is 5.56 Å². The molecule has 7 heteroatoms. The van der Waals surface area contributed by atoms with Crippen molar-refractivity contribution in [1.82, 2.24) is 4.90 Å². The second-order valence-corrected chi connectivity index (χ2v) is 8.01. The first-order valence-corrected chi connectivity index (χ1v) is 10.2. The maximum atomic E-state index is 12.6. The maximum absolute atomic E-state index is 12.6. The lowest BCUT2D eigenvalue weighted by molar-refractivity contribution is 0.0765. The van der Waals surface area contributed by atoms with Crippen LogP contribution < -0.4 is 9.46 Å². The number of nitrogens with one attached hydrogen (secondary N) is 1. The van der Waals surface area contributed by atoms with Crippen LogP contribution in [0.5, 0.6) is 5.75 Å². The lowest BCUT2D eigenvalue weighted by atomic mass is 10.1. The van der Waals surface area contributed by atoms with E-state index in [-0.39, 0.29) is 11.7 Å². The fourth-order valence-corrected chi connectivity index (χ4v) is 4.03. The number of hydrogen-bond donors (Lipinski definition) is 1. The van der Waals surface area contributed by atoms with E-state index in [1.165, 1.54) is 0 Å². The number of rotatable bonds is 5. The van der Waals surface area contributed by atoms with Gasteiger partial charge in [0.25, 0.3) is 5.91 Å². The molecule has 1 N–H and O–H groups in total. The molecule has 3 rings (SSSR count). The molecule has 6 nitrogen and oxygen atoms in total. The van der Waals surface area contributed by atoms with Crippen LogP contribution in [0.1, 0.15) is 28.4 Å². The van der Waals surface area contributed by atoms with Crippen molar-refractivity contribution >= 4 is 21.6 Å². The SMILES string of the molecule is CCN1CCOc2ccc(NS(=O)(=O)Cc3ccc(C)cc3)cc2C1=O. The lowest BCUT2D eigenvalue weighted by Gasteiger charge is -2.17. The van der Waals surface area contributed by atoms with E-state index in [2.05, 4.69) is 4.72 Å². The third kappa shape index (κ3) is 4.16. The summed E-state index contributed by atoms with van der Waals surface area (Å²) in [6.45, 7) is 5.36. The van der Waals surface area contributed by atoms with E-state index in [1.807, 2.05) is 26.0 Å². The molecule has 138 valence electrons. The molecular formula is C19H22N2O4S. The van der Waals surface area contributed by atoms with E-state index in [1.54, 1.807) is 35.2 Å². The van der Waals surface area contributed by atoms with Gasteiger partial charge in [0.2, 0.25) is 10.0 Å². The fourth-order valence-electron chi connectivity index (χ4n) is 2.85. The van der Waals surface area contributed by atoms with Crippen LogP contribution in [0.25, 0.3) is 0 Å². The summed E-state index contributed by atoms with van der Waals surface area (Å²) in [4.78, 5) is 14.3. The van der Waals surface area contributed by atoms with Gasteiger partial charge in [0.05, 0.1) is 17.9 Å². The molecule has 2 aromatic carbocycles. The van der Waals surface area contributed by atoms with Gasteiger partial charge in [-0.2, -0.15) is 0 Å². The van der Waals surface area contributed by atoms with Crippen LogP contribution in [-0.4, -0.2) is 38.9 Å². The number of anilines is 1. The Bertz CT molecular complexity index is 908. The maximum Gasteiger partial charge on any atom is 0.257 e. The highest BCUT2D eigenvalue weighted by atomic mass is 32.2. The van der Waals surface area contributed by atoms with E-state index >= 15 is 0 Å². The standard InChI is InChI=1S/C19H22N2O4S/c1-3-21-10-11-25-18-9-8-16(12-17(18)19(21)22)20-26(23,24)13-15-6-4-14(2)5-7-15/h4-9,12,20H,3,10-11,13H2,1-2H3. The Labute approximate surface area is 153 Å². The summed E-state index contributed by atoms with van der Waals surface area (Å²) in [6.07, 6.45) is 0. The number of nitrogens with zero attached hydrogens (tertiary/aromatic N) is 1. The Kier molecular flexibility index (Phi) is 5.18. The molecule has 1 aliphatic heterocycles. The van der Waals surface area contributed by atoms with Crippen molar-refractivity contribution in [1.29, 1.82) is 0 Å². The molecule has 0 aliphatic carbocycles. The quantitative estimate of drug-likeness (QED) is 0.873. The number of amides is 1. The molecule has 1 amide bonds. The summed E-state index contributed by atoms with van der Waals surface area (Å²) in [5, 5.41) is 0. The van der Waals surface area contributed by atoms with Crippen molar-refractivity contribution in [3.8, 4) is 5.75 Å². The summed E-state index contributed by atoms with van der Waals surface area (Å²) in [7, 11) is -3.59. The minimum atomic E-state index is -3.59. The molecule has 0 fully saturated rings. The molecule has 0 unspecified atom stereocenters. The Morgan fingerprint density at radius 3 is 2.58 bits per heavy atom. The summed E-state index contributed by atoms with van der Waals surface area (Å²) >= 11 is 0. The number of likely N-dealkylation sites (N-methyl/N-ethyl adjacent to an activating group) is 1. The number of fused-ring (bicyclic) bond motifs is 1. The highest BCUT2D eigenvalue weighted by molar-refractivity contribution is 7.91. The molecule has 0 atom stereocenters. The zero-order valence-electron chi connectivity index (χ0n) is 14.9. The van der Waals surface area contributed by atoms with Gasteiger partial charge in [-0.3, -0.25) is 9.52 Å². The van der Waals surface area contributed by atoms with Crippen LogP contribution >= 0.6 is 0 Å². The van der Waals surface area contributed by atoms with Crippen molar-refractivity contribution < 1.29 is 17.9 Å². The minimum absolute atomic E-state index is 0.129. The van der Waals surface area contributed by atoms with Crippen molar-refractivity contribution in [2.45, 2.75) is 19.6 Å². The van der Waals surface area contributed by atoms with Crippen molar-refractivity contribution in [2.75, 3.05) is 24.4 Å². The van der Waals surface area contributed by atoms with E-state index in [0.29, 0.717) is 42.3 Å². The van der Waals surface area contributed by atoms with Crippen LogP contribution in [0.3, 0.4) is 0 Å². The Morgan fingerprint density at radius 1 is 1.15 bits per heavy atom. The molecule has 1 heterocycles. The molecule has 0 spiro atoms. The van der Waals surface area contributed by atoms with Gasteiger partial charge < -0.3 is 9.64 Å². The van der Waals surface area contributed by atoms with Gasteiger partial charge >= 0.3 is 0 Å². The Balaban J connectivity index is 1.82. The highest BCUT2D eigenvalue weighted by Crippen LogP contribution is 2.27. The first-order valence-electron chi connectivity index (χ1n) is 8.50. The number of carbonyl (C=O) groups excluding carboxylic acids is 1. The third-order valence-corrected chi connectivity index (χ3v) is 5.51. The Hall–Kier alpha value is -2.54.